The third-order valence-corrected chi connectivity index (χ3v) is 7.40. The number of nitrogens with two attached hydrogens (primary N) is 1. The van der Waals surface area contributed by atoms with Crippen LogP contribution in [0.3, 0.4) is 0 Å². The third-order valence-electron chi connectivity index (χ3n) is 7.40. The first-order chi connectivity index (χ1) is 20.2. The Morgan fingerprint density at radius 3 is 2.76 bits per heavy atom. The molecule has 3 aromatic rings. The number of esters is 1. The molecule has 5 rings (SSSR count). The van der Waals surface area contributed by atoms with E-state index in [4.69, 9.17) is 24.7 Å². The summed E-state index contributed by atoms with van der Waals surface area (Å²) in [6.45, 7) is 3.95. The van der Waals surface area contributed by atoms with Crippen molar-refractivity contribution < 1.29 is 43.1 Å². The van der Waals surface area contributed by atoms with Crippen molar-refractivity contribution in [2.75, 3.05) is 51.8 Å². The van der Waals surface area contributed by atoms with Crippen molar-refractivity contribution in [2.24, 2.45) is 0 Å². The predicted octanol–water partition coefficient (Wildman–Crippen LogP) is 0.271. The van der Waals surface area contributed by atoms with Crippen LogP contribution in [-0.2, 0) is 35.0 Å². The van der Waals surface area contributed by atoms with Crippen molar-refractivity contribution in [1.29, 1.82) is 0 Å². The van der Waals surface area contributed by atoms with Crippen LogP contribution in [-0.4, -0.2) is 117 Å². The Balaban J connectivity index is 1.34. The number of imidazole rings is 1. The summed E-state index contributed by atoms with van der Waals surface area (Å²) in [7, 11) is 0. The van der Waals surface area contributed by atoms with Gasteiger partial charge in [0.2, 0.25) is 0 Å². The Labute approximate surface area is 240 Å². The number of carbonyl (C=O) groups excluding carboxylic acids is 1. The normalized spacial score (nSPS) is 24.5. The first-order valence-electron chi connectivity index (χ1n) is 13.5. The van der Waals surface area contributed by atoms with Gasteiger partial charge in [-0.25, -0.2) is 28.9 Å². The van der Waals surface area contributed by atoms with E-state index in [0.717, 1.165) is 5.56 Å². The number of aliphatic carboxylic acids is 1. The van der Waals surface area contributed by atoms with E-state index in [-0.39, 0.29) is 30.0 Å². The van der Waals surface area contributed by atoms with E-state index in [0.29, 0.717) is 38.4 Å². The fourth-order valence-corrected chi connectivity index (χ4v) is 5.07. The molecule has 1 unspecified atom stereocenters. The molecular formula is C27H33FN6O8. The summed E-state index contributed by atoms with van der Waals surface area (Å²) in [6, 6.07) is 6.96. The van der Waals surface area contributed by atoms with Gasteiger partial charge in [-0.05, 0) is 12.5 Å². The number of fused-ring (bicyclic) bond motifs is 1. The molecule has 0 amide bonds. The van der Waals surface area contributed by atoms with E-state index in [1.165, 1.54) is 17.2 Å². The predicted molar refractivity (Wildman–Crippen MR) is 144 cm³/mol. The van der Waals surface area contributed by atoms with Gasteiger partial charge in [-0.1, -0.05) is 29.8 Å². The van der Waals surface area contributed by atoms with Gasteiger partial charge in [-0.15, -0.1) is 0 Å². The number of ether oxygens (including phenoxy) is 4. The van der Waals surface area contributed by atoms with Crippen LogP contribution in [0.25, 0.3) is 11.2 Å². The minimum atomic E-state index is -2.49. The van der Waals surface area contributed by atoms with Crippen LogP contribution in [0.5, 0.6) is 0 Å². The van der Waals surface area contributed by atoms with Gasteiger partial charge >= 0.3 is 11.9 Å². The molecule has 0 bridgehead atoms. The second-order valence-electron chi connectivity index (χ2n) is 10.3. The van der Waals surface area contributed by atoms with Crippen molar-refractivity contribution >= 4 is 28.9 Å². The van der Waals surface area contributed by atoms with Crippen molar-refractivity contribution in [3.8, 4) is 0 Å². The highest BCUT2D eigenvalue weighted by atomic mass is 19.1. The molecule has 2 saturated heterocycles. The van der Waals surface area contributed by atoms with Gasteiger partial charge in [0.1, 0.15) is 30.7 Å². The summed E-state index contributed by atoms with van der Waals surface area (Å²) in [5.74, 6) is -2.62. The van der Waals surface area contributed by atoms with E-state index in [9.17, 15) is 19.8 Å². The zero-order chi connectivity index (χ0) is 29.9. The fourth-order valence-electron chi connectivity index (χ4n) is 5.07. The Hall–Kier alpha value is -3.76. The molecule has 5 atom stereocenters. The number of hydrogen-bond acceptors (Lipinski definition) is 12. The highest BCUT2D eigenvalue weighted by molar-refractivity contribution is 6.03. The fraction of sp³-hybridized carbons (Fsp3) is 0.519. The maximum absolute atomic E-state index is 15.3. The molecule has 0 aliphatic carbocycles. The maximum Gasteiger partial charge on any atom is 0.350 e. The topological polar surface area (TPSA) is 184 Å². The van der Waals surface area contributed by atoms with E-state index in [2.05, 4.69) is 15.0 Å². The lowest BCUT2D eigenvalue weighted by atomic mass is 9.93. The van der Waals surface area contributed by atoms with E-state index >= 15 is 4.39 Å². The molecule has 0 spiro atoms. The molecule has 1 aromatic carbocycles. The molecule has 14 nitrogen and oxygen atoms in total. The standard InChI is InChI=1S/C27H33FN6O8/c1-16-3-2-4-17(11-16)12-27(25(36)37,26(38)40-10-7-33-5-8-39-9-6-33)41-13-18-21(35)19(28)24(42-18)34-15-32-20-22(29)30-14-31-23(20)34/h2-4,11,14-15,18-19,21,24,35H,5-10,12-13H2,1H3,(H,36,37)(H2,29,30,31)/t18-,19+,21-,24-,27?/m1/s1. The number of halogens is 1. The largest absolute Gasteiger partial charge is 0.479 e. The number of aliphatic hydroxyl groups is 1. The average molecular weight is 589 g/mol. The Morgan fingerprint density at radius 1 is 1.24 bits per heavy atom. The highest BCUT2D eigenvalue weighted by Crippen LogP contribution is 2.35. The highest BCUT2D eigenvalue weighted by Gasteiger charge is 2.52. The summed E-state index contributed by atoms with van der Waals surface area (Å²) >= 11 is 0. The lowest BCUT2D eigenvalue weighted by Gasteiger charge is -2.30. The number of morpholine rings is 1. The summed E-state index contributed by atoms with van der Waals surface area (Å²) in [5, 5.41) is 21.0. The van der Waals surface area contributed by atoms with Gasteiger partial charge in [0.05, 0.1) is 26.1 Å². The van der Waals surface area contributed by atoms with Crippen molar-refractivity contribution in [3.05, 3.63) is 48.0 Å². The molecule has 2 fully saturated rings. The number of carboxylic acids is 1. The van der Waals surface area contributed by atoms with Crippen LogP contribution in [0, 0.1) is 6.92 Å². The van der Waals surface area contributed by atoms with Gasteiger partial charge < -0.3 is 34.9 Å². The number of aliphatic hydroxyl groups excluding tert-OH is 1. The second kappa shape index (κ2) is 12.6. The zero-order valence-electron chi connectivity index (χ0n) is 23.0. The molecule has 0 radical (unpaired) electrons. The van der Waals surface area contributed by atoms with Gasteiger partial charge in [-0.2, -0.15) is 0 Å². The minimum absolute atomic E-state index is 0.0685. The van der Waals surface area contributed by atoms with Gasteiger partial charge in [0.15, 0.2) is 23.9 Å². The lowest BCUT2D eigenvalue weighted by molar-refractivity contribution is -0.194. The molecule has 226 valence electrons. The van der Waals surface area contributed by atoms with E-state index in [1.807, 2.05) is 17.9 Å². The van der Waals surface area contributed by atoms with Crippen LogP contribution < -0.4 is 5.73 Å². The van der Waals surface area contributed by atoms with Gasteiger partial charge in [0, 0.05) is 26.1 Å². The first-order valence-corrected chi connectivity index (χ1v) is 13.5. The molecule has 2 aromatic heterocycles. The number of alkyl halides is 1. The molecule has 2 aliphatic rings. The molecule has 15 heteroatoms. The number of hydrogen-bond donors (Lipinski definition) is 3. The number of aryl methyl sites for hydroxylation is 1. The Kier molecular flexibility index (Phi) is 8.93. The number of benzene rings is 1. The number of aromatic nitrogens is 4. The number of rotatable bonds is 11. The Morgan fingerprint density at radius 2 is 2.02 bits per heavy atom. The second-order valence-corrected chi connectivity index (χ2v) is 10.3. The van der Waals surface area contributed by atoms with Crippen LogP contribution >= 0.6 is 0 Å². The molecular weight excluding hydrogens is 555 g/mol. The van der Waals surface area contributed by atoms with Gasteiger partial charge in [-0.3, -0.25) is 9.47 Å². The van der Waals surface area contributed by atoms with Crippen molar-refractivity contribution in [2.45, 2.75) is 43.6 Å². The minimum Gasteiger partial charge on any atom is -0.479 e. The van der Waals surface area contributed by atoms with Crippen LogP contribution in [0.2, 0.25) is 0 Å². The summed E-state index contributed by atoms with van der Waals surface area (Å²) < 4.78 is 38.9. The summed E-state index contributed by atoms with van der Waals surface area (Å²) in [6.07, 6.45) is -4.30. The zero-order valence-corrected chi connectivity index (χ0v) is 23.0. The summed E-state index contributed by atoms with van der Waals surface area (Å²) in [5.41, 5.74) is 5.11. The van der Waals surface area contributed by atoms with Crippen LogP contribution in [0.15, 0.2) is 36.9 Å². The van der Waals surface area contributed by atoms with Crippen LogP contribution in [0.1, 0.15) is 17.4 Å². The monoisotopic (exact) mass is 588 g/mol. The maximum atomic E-state index is 15.3. The van der Waals surface area contributed by atoms with E-state index in [1.54, 1.807) is 18.2 Å². The summed E-state index contributed by atoms with van der Waals surface area (Å²) in [4.78, 5) is 40.2. The molecule has 0 saturated carbocycles. The molecule has 4 heterocycles. The van der Waals surface area contributed by atoms with Crippen molar-refractivity contribution in [3.63, 3.8) is 0 Å². The number of nitrogen functional groups attached to an aromatic ring is 1. The number of carboxylic acid groups (broad SMARTS) is 1. The number of carbonyl (C=O) groups is 2. The molecule has 42 heavy (non-hydrogen) atoms. The SMILES string of the molecule is Cc1cccc(CC(OC[C@H]2O[C@@H](n3cnc4c(N)ncnc43)[C@@H](F)[C@@H]2O)(C(=O)O)C(=O)OCCN2CCOCC2)c1. The molecule has 2 aliphatic heterocycles. The quantitative estimate of drug-likeness (QED) is 0.205. The first kappa shape index (κ1) is 29.7. The smallest absolute Gasteiger partial charge is 0.350 e. The average Bonchev–Trinajstić information content (AvgIpc) is 3.53. The van der Waals surface area contributed by atoms with E-state index < -0.39 is 48.8 Å². The number of anilines is 1. The lowest BCUT2D eigenvalue weighted by Crippen LogP contribution is -2.54. The molecule has 4 N–H and O–H groups in total. The van der Waals surface area contributed by atoms with Crippen LogP contribution in [0.4, 0.5) is 10.2 Å². The van der Waals surface area contributed by atoms with Crippen molar-refractivity contribution in [1.82, 2.24) is 24.4 Å². The number of nitrogens with zero attached hydrogens (tertiary/aromatic N) is 5. The van der Waals surface area contributed by atoms with Gasteiger partial charge in [0.25, 0.3) is 5.60 Å². The Bertz CT molecular complexity index is 1420. The third kappa shape index (κ3) is 6.05.